The number of benzene rings is 3. The summed E-state index contributed by atoms with van der Waals surface area (Å²) in [7, 11) is 1.64. The lowest BCUT2D eigenvalue weighted by Gasteiger charge is -2.07. The van der Waals surface area contributed by atoms with Gasteiger partial charge < -0.3 is 14.8 Å². The van der Waals surface area contributed by atoms with E-state index in [4.69, 9.17) is 21.1 Å². The molecule has 1 amide bonds. The number of rotatable bonds is 5. The van der Waals surface area contributed by atoms with Crippen molar-refractivity contribution >= 4 is 34.8 Å². The molecule has 0 spiro atoms. The molecular formula is C23H18ClNO3. The van der Waals surface area contributed by atoms with Crippen LogP contribution in [0.15, 0.2) is 66.7 Å². The van der Waals surface area contributed by atoms with Crippen molar-refractivity contribution in [2.45, 2.75) is 6.61 Å². The van der Waals surface area contributed by atoms with E-state index in [9.17, 15) is 4.79 Å². The lowest BCUT2D eigenvalue weighted by molar-refractivity contribution is -0.110. The average Bonchev–Trinajstić information content (AvgIpc) is 3.02. The molecule has 1 aliphatic heterocycles. The van der Waals surface area contributed by atoms with Crippen LogP contribution in [0, 0.1) is 0 Å². The van der Waals surface area contributed by atoms with Gasteiger partial charge in [-0.25, -0.2) is 0 Å². The number of halogens is 1. The van der Waals surface area contributed by atoms with Crippen molar-refractivity contribution in [2.24, 2.45) is 0 Å². The highest BCUT2D eigenvalue weighted by Gasteiger charge is 2.24. The third kappa shape index (κ3) is 3.87. The largest absolute Gasteiger partial charge is 0.497 e. The van der Waals surface area contributed by atoms with Crippen molar-refractivity contribution in [3.8, 4) is 11.5 Å². The number of amides is 1. The predicted molar refractivity (Wildman–Crippen MR) is 112 cm³/mol. The fraction of sp³-hybridized carbons (Fsp3) is 0.0870. The molecule has 0 bridgehead atoms. The number of nitrogens with one attached hydrogen (secondary N) is 1. The van der Waals surface area contributed by atoms with Crippen LogP contribution in [0.4, 0.5) is 5.69 Å². The van der Waals surface area contributed by atoms with Gasteiger partial charge in [-0.3, -0.25) is 4.79 Å². The number of hydrogen-bond donors (Lipinski definition) is 1. The fourth-order valence-electron chi connectivity index (χ4n) is 3.02. The summed E-state index contributed by atoms with van der Waals surface area (Å²) in [6, 6.07) is 20.8. The Morgan fingerprint density at radius 3 is 2.39 bits per heavy atom. The van der Waals surface area contributed by atoms with E-state index in [1.54, 1.807) is 19.2 Å². The molecule has 1 N–H and O–H groups in total. The van der Waals surface area contributed by atoms with Gasteiger partial charge in [0.2, 0.25) is 0 Å². The fourth-order valence-corrected chi connectivity index (χ4v) is 3.19. The van der Waals surface area contributed by atoms with Crippen LogP contribution < -0.4 is 14.8 Å². The molecule has 0 radical (unpaired) electrons. The van der Waals surface area contributed by atoms with Crippen LogP contribution in [0.1, 0.15) is 16.7 Å². The molecule has 0 aromatic heterocycles. The molecule has 4 nitrogen and oxygen atoms in total. The van der Waals surface area contributed by atoms with Gasteiger partial charge in [0.15, 0.2) is 0 Å². The molecule has 4 rings (SSSR count). The maximum atomic E-state index is 12.3. The number of anilines is 1. The number of carbonyl (C=O) groups excluding carboxylic acids is 1. The van der Waals surface area contributed by atoms with Crippen LogP contribution >= 0.6 is 11.6 Å². The molecule has 28 heavy (non-hydrogen) atoms. The van der Waals surface area contributed by atoms with Crippen LogP contribution in [0.5, 0.6) is 11.5 Å². The number of fused-ring (bicyclic) bond motifs is 1. The Bertz CT molecular complexity index is 1040. The first kappa shape index (κ1) is 18.1. The molecule has 0 saturated carbocycles. The van der Waals surface area contributed by atoms with Gasteiger partial charge in [-0.2, -0.15) is 0 Å². The van der Waals surface area contributed by atoms with E-state index in [0.29, 0.717) is 17.2 Å². The van der Waals surface area contributed by atoms with E-state index in [1.807, 2.05) is 60.7 Å². The van der Waals surface area contributed by atoms with Crippen LogP contribution in [-0.4, -0.2) is 13.0 Å². The first-order valence-electron chi connectivity index (χ1n) is 8.81. The Morgan fingerprint density at radius 1 is 0.964 bits per heavy atom. The van der Waals surface area contributed by atoms with Gasteiger partial charge >= 0.3 is 0 Å². The average molecular weight is 392 g/mol. The highest BCUT2D eigenvalue weighted by Crippen LogP contribution is 2.35. The molecule has 0 aliphatic carbocycles. The number of ether oxygens (including phenoxy) is 2. The normalized spacial score (nSPS) is 13.9. The Morgan fingerprint density at radius 2 is 1.68 bits per heavy atom. The van der Waals surface area contributed by atoms with E-state index in [2.05, 4.69) is 5.32 Å². The Balaban J connectivity index is 1.47. The molecule has 5 heteroatoms. The number of carbonyl (C=O) groups is 1. The van der Waals surface area contributed by atoms with Gasteiger partial charge in [0.05, 0.1) is 7.11 Å². The number of methoxy groups -OCH3 is 1. The number of hydrogen-bond acceptors (Lipinski definition) is 3. The summed E-state index contributed by atoms with van der Waals surface area (Å²) < 4.78 is 11.0. The molecule has 0 atom stereocenters. The zero-order chi connectivity index (χ0) is 19.5. The Labute approximate surface area is 168 Å². The summed E-state index contributed by atoms with van der Waals surface area (Å²) >= 11 is 6.07. The zero-order valence-corrected chi connectivity index (χ0v) is 16.0. The van der Waals surface area contributed by atoms with Crippen molar-refractivity contribution in [3.05, 3.63) is 88.4 Å². The summed E-state index contributed by atoms with van der Waals surface area (Å²) in [6.07, 6.45) is 1.85. The molecule has 0 saturated heterocycles. The van der Waals surface area contributed by atoms with Crippen LogP contribution in [0.3, 0.4) is 0 Å². The van der Waals surface area contributed by atoms with Gasteiger partial charge in [-0.1, -0.05) is 35.9 Å². The molecule has 0 unspecified atom stereocenters. The molecule has 3 aromatic carbocycles. The third-order valence-corrected chi connectivity index (χ3v) is 4.76. The Kier molecular flexibility index (Phi) is 5.04. The highest BCUT2D eigenvalue weighted by atomic mass is 35.5. The topological polar surface area (TPSA) is 47.6 Å². The lowest BCUT2D eigenvalue weighted by atomic mass is 10.0. The second-order valence-electron chi connectivity index (χ2n) is 6.41. The third-order valence-electron chi connectivity index (χ3n) is 4.52. The SMILES string of the molecule is COc1ccc(COc2ccc(/C=C3\C(=O)Nc4ccc(Cl)cc43)cc2)cc1. The van der Waals surface area contributed by atoms with Crippen molar-refractivity contribution < 1.29 is 14.3 Å². The van der Waals surface area contributed by atoms with E-state index in [0.717, 1.165) is 33.9 Å². The predicted octanol–water partition coefficient (Wildman–Crippen LogP) is 5.42. The van der Waals surface area contributed by atoms with Crippen molar-refractivity contribution in [2.75, 3.05) is 12.4 Å². The molecule has 3 aromatic rings. The van der Waals surface area contributed by atoms with E-state index >= 15 is 0 Å². The van der Waals surface area contributed by atoms with E-state index in [-0.39, 0.29) is 5.91 Å². The van der Waals surface area contributed by atoms with Gasteiger partial charge in [0, 0.05) is 21.8 Å². The molecule has 0 fully saturated rings. The quantitative estimate of drug-likeness (QED) is 0.591. The van der Waals surface area contributed by atoms with Crippen molar-refractivity contribution in [1.82, 2.24) is 0 Å². The zero-order valence-electron chi connectivity index (χ0n) is 15.2. The molecule has 140 valence electrons. The minimum atomic E-state index is -0.128. The maximum Gasteiger partial charge on any atom is 0.256 e. The second kappa shape index (κ2) is 7.79. The van der Waals surface area contributed by atoms with Crippen molar-refractivity contribution in [3.63, 3.8) is 0 Å². The van der Waals surface area contributed by atoms with Gasteiger partial charge in [0.25, 0.3) is 5.91 Å². The maximum absolute atomic E-state index is 12.3. The summed E-state index contributed by atoms with van der Waals surface area (Å²) in [6.45, 7) is 0.471. The first-order valence-corrected chi connectivity index (χ1v) is 9.19. The van der Waals surface area contributed by atoms with E-state index in [1.165, 1.54) is 0 Å². The smallest absolute Gasteiger partial charge is 0.256 e. The van der Waals surface area contributed by atoms with Gasteiger partial charge in [0.1, 0.15) is 18.1 Å². The van der Waals surface area contributed by atoms with Crippen LogP contribution in [-0.2, 0) is 11.4 Å². The summed E-state index contributed by atoms with van der Waals surface area (Å²) in [5.41, 5.74) is 4.17. The standard InChI is InChI=1S/C23H18ClNO3/c1-27-18-7-4-16(5-8-18)14-28-19-9-2-15(3-10-19)12-21-20-13-17(24)6-11-22(20)25-23(21)26/h2-13H,14H2,1H3,(H,25,26)/b21-12-. The highest BCUT2D eigenvalue weighted by molar-refractivity contribution is 6.36. The minimum absolute atomic E-state index is 0.128. The van der Waals surface area contributed by atoms with Crippen LogP contribution in [0.2, 0.25) is 5.02 Å². The van der Waals surface area contributed by atoms with Gasteiger partial charge in [-0.15, -0.1) is 0 Å². The lowest BCUT2D eigenvalue weighted by Crippen LogP contribution is -2.03. The summed E-state index contributed by atoms with van der Waals surface area (Å²) in [5, 5.41) is 3.45. The first-order chi connectivity index (χ1) is 13.6. The summed E-state index contributed by atoms with van der Waals surface area (Å²) in [5.74, 6) is 1.45. The molecule has 1 aliphatic rings. The van der Waals surface area contributed by atoms with E-state index < -0.39 is 0 Å². The van der Waals surface area contributed by atoms with Crippen molar-refractivity contribution in [1.29, 1.82) is 0 Å². The monoisotopic (exact) mass is 391 g/mol. The molecular weight excluding hydrogens is 374 g/mol. The minimum Gasteiger partial charge on any atom is -0.497 e. The Hall–Kier alpha value is -3.24. The second-order valence-corrected chi connectivity index (χ2v) is 6.84. The van der Waals surface area contributed by atoms with Gasteiger partial charge in [-0.05, 0) is 59.7 Å². The van der Waals surface area contributed by atoms with Crippen LogP contribution in [0.25, 0.3) is 11.6 Å². The molecule has 1 heterocycles. The summed E-state index contributed by atoms with van der Waals surface area (Å²) in [4.78, 5) is 12.3.